The van der Waals surface area contributed by atoms with Gasteiger partial charge in [-0.2, -0.15) is 4.98 Å². The highest BCUT2D eigenvalue weighted by Gasteiger charge is 2.30. The Morgan fingerprint density at radius 3 is 2.71 bits per heavy atom. The average Bonchev–Trinajstić information content (AvgIpc) is 2.96. The molecule has 1 atom stereocenters. The second-order valence-electron chi connectivity index (χ2n) is 5.14. The summed E-state index contributed by atoms with van der Waals surface area (Å²) < 4.78 is 33.7. The van der Waals surface area contributed by atoms with E-state index >= 15 is 0 Å². The molecule has 0 spiro atoms. The van der Waals surface area contributed by atoms with Crippen LogP contribution in [0.15, 0.2) is 28.8 Å². The van der Waals surface area contributed by atoms with Crippen LogP contribution in [-0.4, -0.2) is 37.2 Å². The van der Waals surface area contributed by atoms with Gasteiger partial charge in [0.25, 0.3) is 0 Å². The monoisotopic (exact) mass is 308 g/mol. The predicted molar refractivity (Wildman–Crippen MR) is 76.9 cm³/mol. The molecule has 112 valence electrons. The minimum atomic E-state index is -2.99. The lowest BCUT2D eigenvalue weighted by molar-refractivity contribution is 0.350. The second kappa shape index (κ2) is 5.48. The van der Waals surface area contributed by atoms with Crippen LogP contribution < -0.4 is 4.74 Å². The van der Waals surface area contributed by atoms with E-state index in [1.54, 1.807) is 7.11 Å². The summed E-state index contributed by atoms with van der Waals surface area (Å²) in [4.78, 5) is 4.34. The van der Waals surface area contributed by atoms with Crippen LogP contribution in [0.1, 0.15) is 24.7 Å². The van der Waals surface area contributed by atoms with Crippen molar-refractivity contribution >= 4 is 9.84 Å². The Labute approximate surface area is 123 Å². The molecule has 1 aliphatic rings. The van der Waals surface area contributed by atoms with Crippen molar-refractivity contribution in [3.63, 3.8) is 0 Å². The first-order chi connectivity index (χ1) is 10.1. The minimum Gasteiger partial charge on any atom is -0.497 e. The van der Waals surface area contributed by atoms with E-state index in [1.165, 1.54) is 0 Å². The second-order valence-corrected chi connectivity index (χ2v) is 7.37. The first kappa shape index (κ1) is 14.1. The zero-order valence-electron chi connectivity index (χ0n) is 11.7. The van der Waals surface area contributed by atoms with Crippen LogP contribution in [0, 0.1) is 0 Å². The molecule has 2 aromatic rings. The Kier molecular flexibility index (Phi) is 3.67. The molecular weight excluding hydrogens is 292 g/mol. The van der Waals surface area contributed by atoms with Gasteiger partial charge in [-0.25, -0.2) is 8.42 Å². The molecule has 0 aliphatic carbocycles. The van der Waals surface area contributed by atoms with Crippen LogP contribution >= 0.6 is 0 Å². The van der Waals surface area contributed by atoms with Gasteiger partial charge in [-0.05, 0) is 37.1 Å². The van der Waals surface area contributed by atoms with Gasteiger partial charge in [0.1, 0.15) is 5.75 Å². The number of ether oxygens (including phenoxy) is 1. The molecule has 1 aliphatic heterocycles. The van der Waals surface area contributed by atoms with Crippen LogP contribution in [0.2, 0.25) is 0 Å². The van der Waals surface area contributed by atoms with Crippen LogP contribution in [0.25, 0.3) is 11.4 Å². The molecule has 0 N–H and O–H groups in total. The maximum atomic E-state index is 11.7. The third kappa shape index (κ3) is 3.07. The molecule has 1 unspecified atom stereocenters. The lowest BCUT2D eigenvalue weighted by Gasteiger charge is -2.17. The molecule has 1 saturated heterocycles. The summed E-state index contributed by atoms with van der Waals surface area (Å²) in [6.45, 7) is 0. The largest absolute Gasteiger partial charge is 0.497 e. The number of hydrogen-bond acceptors (Lipinski definition) is 6. The molecule has 7 heteroatoms. The summed E-state index contributed by atoms with van der Waals surface area (Å²) >= 11 is 0. The maximum Gasteiger partial charge on any atom is 0.231 e. The zero-order valence-corrected chi connectivity index (χ0v) is 12.5. The topological polar surface area (TPSA) is 82.3 Å². The maximum absolute atomic E-state index is 11.7. The van der Waals surface area contributed by atoms with E-state index in [1.807, 2.05) is 24.3 Å². The van der Waals surface area contributed by atoms with Gasteiger partial charge in [0.15, 0.2) is 9.84 Å². The number of hydrogen-bond donors (Lipinski definition) is 0. The Morgan fingerprint density at radius 2 is 2.05 bits per heavy atom. The molecular formula is C14H16N2O4S. The van der Waals surface area contributed by atoms with E-state index in [0.717, 1.165) is 17.7 Å². The van der Waals surface area contributed by atoms with Gasteiger partial charge in [-0.1, -0.05) is 5.16 Å². The third-order valence-corrected chi connectivity index (χ3v) is 5.42. The summed E-state index contributed by atoms with van der Waals surface area (Å²) in [6.07, 6.45) is 1.41. The highest BCUT2D eigenvalue weighted by Crippen LogP contribution is 2.29. The van der Waals surface area contributed by atoms with Gasteiger partial charge in [-0.3, -0.25) is 0 Å². The molecule has 1 aromatic carbocycles. The molecule has 0 radical (unpaired) electrons. The van der Waals surface area contributed by atoms with E-state index in [2.05, 4.69) is 10.1 Å². The fourth-order valence-electron chi connectivity index (χ4n) is 2.48. The number of nitrogens with zero attached hydrogens (tertiary/aromatic N) is 2. The van der Waals surface area contributed by atoms with Crippen molar-refractivity contribution in [1.82, 2.24) is 10.1 Å². The molecule has 3 rings (SSSR count). The standard InChI is InChI=1S/C14H16N2O4S/c1-19-12-6-4-10(5-7-12)13-15-14(20-16-13)11-3-2-8-21(17,18)9-11/h4-7,11H,2-3,8-9H2,1H3. The Morgan fingerprint density at radius 1 is 1.29 bits per heavy atom. The Balaban J connectivity index is 1.82. The lowest BCUT2D eigenvalue weighted by Crippen LogP contribution is -2.23. The quantitative estimate of drug-likeness (QED) is 0.863. The third-order valence-electron chi connectivity index (χ3n) is 3.60. The Bertz CT molecular complexity index is 722. The van der Waals surface area contributed by atoms with Crippen LogP contribution in [-0.2, 0) is 9.84 Å². The Hall–Kier alpha value is -1.89. The number of benzene rings is 1. The van der Waals surface area contributed by atoms with Gasteiger partial charge < -0.3 is 9.26 Å². The van der Waals surface area contributed by atoms with Crippen molar-refractivity contribution in [2.75, 3.05) is 18.6 Å². The van der Waals surface area contributed by atoms with Crippen molar-refractivity contribution in [3.8, 4) is 17.1 Å². The van der Waals surface area contributed by atoms with Crippen LogP contribution in [0.3, 0.4) is 0 Å². The first-order valence-corrected chi connectivity index (χ1v) is 8.58. The molecule has 2 heterocycles. The van der Waals surface area contributed by atoms with E-state index in [4.69, 9.17) is 9.26 Å². The highest BCUT2D eigenvalue weighted by atomic mass is 32.2. The van der Waals surface area contributed by atoms with Crippen molar-refractivity contribution < 1.29 is 17.7 Å². The summed E-state index contributed by atoms with van der Waals surface area (Å²) in [5, 5.41) is 3.94. The fourth-order valence-corrected chi connectivity index (χ4v) is 4.17. The molecule has 1 fully saturated rings. The predicted octanol–water partition coefficient (Wildman–Crippen LogP) is 2.04. The molecule has 1 aromatic heterocycles. The van der Waals surface area contributed by atoms with Gasteiger partial charge >= 0.3 is 0 Å². The molecule has 21 heavy (non-hydrogen) atoms. The normalized spacial score (nSPS) is 21.1. The highest BCUT2D eigenvalue weighted by molar-refractivity contribution is 7.91. The lowest BCUT2D eigenvalue weighted by atomic mass is 10.1. The molecule has 0 bridgehead atoms. The minimum absolute atomic E-state index is 0.0945. The van der Waals surface area contributed by atoms with Gasteiger partial charge in [0.2, 0.25) is 11.7 Å². The molecule has 0 amide bonds. The van der Waals surface area contributed by atoms with Gasteiger partial charge in [0, 0.05) is 5.56 Å². The van der Waals surface area contributed by atoms with Crippen molar-refractivity contribution in [3.05, 3.63) is 30.2 Å². The van der Waals surface area contributed by atoms with Crippen LogP contribution in [0.5, 0.6) is 5.75 Å². The van der Waals surface area contributed by atoms with Crippen molar-refractivity contribution in [1.29, 1.82) is 0 Å². The number of sulfone groups is 1. The molecule has 0 saturated carbocycles. The number of methoxy groups -OCH3 is 1. The van der Waals surface area contributed by atoms with Crippen molar-refractivity contribution in [2.45, 2.75) is 18.8 Å². The van der Waals surface area contributed by atoms with E-state index in [-0.39, 0.29) is 17.4 Å². The smallest absolute Gasteiger partial charge is 0.231 e. The number of rotatable bonds is 3. The number of aromatic nitrogens is 2. The first-order valence-electron chi connectivity index (χ1n) is 6.76. The van der Waals surface area contributed by atoms with Crippen molar-refractivity contribution in [2.24, 2.45) is 0 Å². The molecule has 6 nitrogen and oxygen atoms in total. The fraction of sp³-hybridized carbons (Fsp3) is 0.429. The van der Waals surface area contributed by atoms with Gasteiger partial charge in [0.05, 0.1) is 24.5 Å². The summed E-state index contributed by atoms with van der Waals surface area (Å²) in [7, 11) is -1.39. The summed E-state index contributed by atoms with van der Waals surface area (Å²) in [6, 6.07) is 7.31. The zero-order chi connectivity index (χ0) is 14.9. The SMILES string of the molecule is COc1ccc(-c2noc(C3CCCS(=O)(=O)C3)n2)cc1. The van der Waals surface area contributed by atoms with Gasteiger partial charge in [-0.15, -0.1) is 0 Å². The van der Waals surface area contributed by atoms with E-state index < -0.39 is 9.84 Å². The average molecular weight is 308 g/mol. The van der Waals surface area contributed by atoms with E-state index in [0.29, 0.717) is 18.1 Å². The van der Waals surface area contributed by atoms with Crippen LogP contribution in [0.4, 0.5) is 0 Å². The summed E-state index contributed by atoms with van der Waals surface area (Å²) in [5.74, 6) is 1.78. The van der Waals surface area contributed by atoms with E-state index in [9.17, 15) is 8.42 Å². The summed E-state index contributed by atoms with van der Waals surface area (Å²) in [5.41, 5.74) is 0.810.